The number of amides is 2. The van der Waals surface area contributed by atoms with Crippen LogP contribution in [0, 0.1) is 26.7 Å². The van der Waals surface area contributed by atoms with Crippen LogP contribution in [-0.2, 0) is 4.79 Å². The number of piperidine rings is 1. The zero-order valence-corrected chi connectivity index (χ0v) is 20.9. The minimum atomic E-state index is -0.0467. The molecule has 0 spiro atoms. The molecular formula is C26H31N5O2S. The van der Waals surface area contributed by atoms with Crippen molar-refractivity contribution < 1.29 is 9.59 Å². The van der Waals surface area contributed by atoms with Gasteiger partial charge in [0.05, 0.1) is 22.3 Å². The number of fused-ring (bicyclic) bond motifs is 1. The normalized spacial score (nSPS) is 16.9. The Morgan fingerprint density at radius 3 is 2.47 bits per heavy atom. The Labute approximate surface area is 204 Å². The standard InChI is InChI=1S/C26H31N5O2S/c1-16-6-7-20(14-17(16)2)28-24(32)19-8-12-30(13-9-19)23-21(26(33)31-10-4-5-11-31)15-27-25-22(23)18(3)29-34-25/h6-7,14-15,19H,4-5,8-13H2,1-3H3,(H,28,32). The van der Waals surface area contributed by atoms with Gasteiger partial charge in [-0.2, -0.15) is 4.37 Å². The van der Waals surface area contributed by atoms with Gasteiger partial charge in [-0.05, 0) is 81.2 Å². The summed E-state index contributed by atoms with van der Waals surface area (Å²) in [4.78, 5) is 36.0. The van der Waals surface area contributed by atoms with Crippen molar-refractivity contribution in [2.45, 2.75) is 46.5 Å². The first-order valence-corrected chi connectivity index (χ1v) is 12.9. The summed E-state index contributed by atoms with van der Waals surface area (Å²) in [6.45, 7) is 9.16. The van der Waals surface area contributed by atoms with Crippen LogP contribution in [0.5, 0.6) is 0 Å². The van der Waals surface area contributed by atoms with E-state index in [1.165, 1.54) is 22.7 Å². The van der Waals surface area contributed by atoms with E-state index in [2.05, 4.69) is 33.4 Å². The van der Waals surface area contributed by atoms with Gasteiger partial charge in [0.1, 0.15) is 4.83 Å². The van der Waals surface area contributed by atoms with Crippen LogP contribution in [-0.4, -0.2) is 52.3 Å². The van der Waals surface area contributed by atoms with E-state index in [0.717, 1.165) is 79.1 Å². The van der Waals surface area contributed by atoms with Crippen LogP contribution in [0.4, 0.5) is 11.4 Å². The molecule has 2 fully saturated rings. The fraction of sp³-hybridized carbons (Fsp3) is 0.462. The van der Waals surface area contributed by atoms with Crippen molar-refractivity contribution in [1.82, 2.24) is 14.3 Å². The molecule has 34 heavy (non-hydrogen) atoms. The van der Waals surface area contributed by atoms with Crippen molar-refractivity contribution in [1.29, 1.82) is 0 Å². The lowest BCUT2D eigenvalue weighted by atomic mass is 9.94. The topological polar surface area (TPSA) is 78.4 Å². The van der Waals surface area contributed by atoms with Crippen LogP contribution in [0.3, 0.4) is 0 Å². The molecule has 1 aromatic carbocycles. The SMILES string of the molecule is Cc1ccc(NC(=O)C2CCN(c3c(C(=O)N4CCCC4)cnc4snc(C)c34)CC2)cc1C. The molecule has 2 saturated heterocycles. The van der Waals surface area contributed by atoms with E-state index in [9.17, 15) is 9.59 Å². The van der Waals surface area contributed by atoms with Crippen molar-refractivity contribution in [3.05, 3.63) is 46.8 Å². The molecule has 0 saturated carbocycles. The molecule has 178 valence electrons. The molecule has 2 aromatic heterocycles. The number of aromatic nitrogens is 2. The lowest BCUT2D eigenvalue weighted by molar-refractivity contribution is -0.120. The molecule has 7 nitrogen and oxygen atoms in total. The van der Waals surface area contributed by atoms with Gasteiger partial charge in [0.15, 0.2) is 0 Å². The Kier molecular flexibility index (Phi) is 6.25. The summed E-state index contributed by atoms with van der Waals surface area (Å²) in [6.07, 6.45) is 5.32. The number of carbonyl (C=O) groups excluding carboxylic acids is 2. The van der Waals surface area contributed by atoms with Crippen molar-refractivity contribution in [3.63, 3.8) is 0 Å². The summed E-state index contributed by atoms with van der Waals surface area (Å²) in [5, 5.41) is 4.08. The molecule has 0 unspecified atom stereocenters. The summed E-state index contributed by atoms with van der Waals surface area (Å²) in [7, 11) is 0. The highest BCUT2D eigenvalue weighted by molar-refractivity contribution is 7.13. The number of hydrogen-bond donors (Lipinski definition) is 1. The number of nitrogens with zero attached hydrogens (tertiary/aromatic N) is 4. The number of hydrogen-bond acceptors (Lipinski definition) is 6. The third-order valence-electron chi connectivity index (χ3n) is 7.23. The maximum Gasteiger partial charge on any atom is 0.257 e. The van der Waals surface area contributed by atoms with E-state index in [0.29, 0.717) is 5.56 Å². The van der Waals surface area contributed by atoms with Gasteiger partial charge in [-0.3, -0.25) is 9.59 Å². The molecule has 1 N–H and O–H groups in total. The Hall–Kier alpha value is -3.00. The van der Waals surface area contributed by atoms with Gasteiger partial charge in [-0.25, -0.2) is 4.98 Å². The average Bonchev–Trinajstić information content (AvgIpc) is 3.51. The lowest BCUT2D eigenvalue weighted by Crippen LogP contribution is -2.39. The number of anilines is 2. The lowest BCUT2D eigenvalue weighted by Gasteiger charge is -2.35. The maximum atomic E-state index is 13.4. The van der Waals surface area contributed by atoms with Crippen molar-refractivity contribution >= 4 is 44.9 Å². The number of carbonyl (C=O) groups is 2. The monoisotopic (exact) mass is 477 g/mol. The van der Waals surface area contributed by atoms with Crippen molar-refractivity contribution in [3.8, 4) is 0 Å². The van der Waals surface area contributed by atoms with E-state index in [4.69, 9.17) is 0 Å². The average molecular weight is 478 g/mol. The second kappa shape index (κ2) is 9.33. The highest BCUT2D eigenvalue weighted by atomic mass is 32.1. The number of likely N-dealkylation sites (tertiary alicyclic amines) is 1. The van der Waals surface area contributed by atoms with E-state index < -0.39 is 0 Å². The van der Waals surface area contributed by atoms with Crippen molar-refractivity contribution in [2.24, 2.45) is 5.92 Å². The quantitative estimate of drug-likeness (QED) is 0.589. The molecule has 4 heterocycles. The molecule has 0 radical (unpaired) electrons. The molecule has 5 rings (SSSR count). The second-order valence-corrected chi connectivity index (χ2v) is 10.3. The Morgan fingerprint density at radius 2 is 1.76 bits per heavy atom. The summed E-state index contributed by atoms with van der Waals surface area (Å²) < 4.78 is 4.52. The highest BCUT2D eigenvalue weighted by Crippen LogP contribution is 2.37. The molecule has 2 aliphatic heterocycles. The van der Waals surface area contributed by atoms with E-state index in [1.54, 1.807) is 6.20 Å². The number of aryl methyl sites for hydroxylation is 3. The first-order valence-electron chi connectivity index (χ1n) is 12.1. The molecule has 0 atom stereocenters. The van der Waals surface area contributed by atoms with Crippen LogP contribution in [0.2, 0.25) is 0 Å². The van der Waals surface area contributed by atoms with Crippen LogP contribution in [0.1, 0.15) is 52.9 Å². The van der Waals surface area contributed by atoms with E-state index >= 15 is 0 Å². The van der Waals surface area contributed by atoms with Gasteiger partial charge in [0.2, 0.25) is 5.91 Å². The minimum Gasteiger partial charge on any atom is -0.370 e. The molecule has 2 amide bonds. The third kappa shape index (κ3) is 4.27. The van der Waals surface area contributed by atoms with Crippen LogP contribution < -0.4 is 10.2 Å². The molecule has 3 aromatic rings. The number of nitrogens with one attached hydrogen (secondary N) is 1. The number of benzene rings is 1. The van der Waals surface area contributed by atoms with E-state index in [1.807, 2.05) is 30.0 Å². The van der Waals surface area contributed by atoms with Gasteiger partial charge in [-0.15, -0.1) is 0 Å². The van der Waals surface area contributed by atoms with Gasteiger partial charge >= 0.3 is 0 Å². The van der Waals surface area contributed by atoms with Crippen molar-refractivity contribution in [2.75, 3.05) is 36.4 Å². The fourth-order valence-electron chi connectivity index (χ4n) is 5.04. The fourth-order valence-corrected chi connectivity index (χ4v) is 5.79. The molecule has 0 aliphatic carbocycles. The Morgan fingerprint density at radius 1 is 1.03 bits per heavy atom. The predicted molar refractivity (Wildman–Crippen MR) is 137 cm³/mol. The van der Waals surface area contributed by atoms with Crippen LogP contribution >= 0.6 is 11.5 Å². The van der Waals surface area contributed by atoms with Crippen LogP contribution in [0.15, 0.2) is 24.4 Å². The third-order valence-corrected chi connectivity index (χ3v) is 8.08. The van der Waals surface area contributed by atoms with Gasteiger partial charge in [0, 0.05) is 44.0 Å². The second-order valence-electron chi connectivity index (χ2n) is 9.52. The molecule has 2 aliphatic rings. The molecule has 0 bridgehead atoms. The summed E-state index contributed by atoms with van der Waals surface area (Å²) in [6, 6.07) is 6.03. The first-order chi connectivity index (χ1) is 16.4. The first kappa shape index (κ1) is 22.8. The Bertz CT molecular complexity index is 1240. The highest BCUT2D eigenvalue weighted by Gasteiger charge is 2.31. The molecular weight excluding hydrogens is 446 g/mol. The zero-order valence-electron chi connectivity index (χ0n) is 20.1. The Balaban J connectivity index is 1.36. The summed E-state index contributed by atoms with van der Waals surface area (Å²) in [5.74, 6) is 0.0845. The smallest absolute Gasteiger partial charge is 0.257 e. The summed E-state index contributed by atoms with van der Waals surface area (Å²) in [5.41, 5.74) is 5.76. The number of pyridine rings is 1. The van der Waals surface area contributed by atoms with Gasteiger partial charge < -0.3 is 15.1 Å². The predicted octanol–water partition coefficient (Wildman–Crippen LogP) is 4.71. The van der Waals surface area contributed by atoms with Crippen LogP contribution in [0.25, 0.3) is 10.2 Å². The summed E-state index contributed by atoms with van der Waals surface area (Å²) >= 11 is 1.38. The van der Waals surface area contributed by atoms with Gasteiger partial charge in [0.25, 0.3) is 5.91 Å². The van der Waals surface area contributed by atoms with E-state index in [-0.39, 0.29) is 17.7 Å². The molecule has 8 heteroatoms. The largest absolute Gasteiger partial charge is 0.370 e. The van der Waals surface area contributed by atoms with Gasteiger partial charge in [-0.1, -0.05) is 6.07 Å². The maximum absolute atomic E-state index is 13.4. The zero-order chi connectivity index (χ0) is 23.8. The number of rotatable bonds is 4. The minimum absolute atomic E-state index is 0.0467.